The summed E-state index contributed by atoms with van der Waals surface area (Å²) in [6.45, 7) is 3.92. The normalized spacial score (nSPS) is 11.0. The van der Waals surface area contributed by atoms with Crippen LogP contribution in [-0.2, 0) is 17.9 Å². The zero-order valence-corrected chi connectivity index (χ0v) is 17.5. The number of esters is 1. The standard InChI is InChI=1S/C26H27NO3/c1-21(28)30-25-16-15-22(18-26(25)29-2)14-9-17-27(19-23-10-5-3-6-11-23)20-24-12-7-4-8-13-24/h3-16,18H,17,19-20H2,1-2H3. The van der Waals surface area contributed by atoms with E-state index in [1.54, 1.807) is 13.2 Å². The number of carbonyl (C=O) groups excluding carboxylic acids is 1. The lowest BCUT2D eigenvalue weighted by Crippen LogP contribution is -2.22. The van der Waals surface area contributed by atoms with Gasteiger partial charge in [0.25, 0.3) is 0 Å². The smallest absolute Gasteiger partial charge is 0.308 e. The molecule has 0 aliphatic heterocycles. The van der Waals surface area contributed by atoms with E-state index in [0.717, 1.165) is 25.2 Å². The van der Waals surface area contributed by atoms with Crippen LogP contribution in [0.2, 0.25) is 0 Å². The van der Waals surface area contributed by atoms with E-state index in [4.69, 9.17) is 9.47 Å². The molecule has 0 unspecified atom stereocenters. The highest BCUT2D eigenvalue weighted by molar-refractivity contribution is 5.71. The Morgan fingerprint density at radius 3 is 2.00 bits per heavy atom. The molecule has 0 spiro atoms. The fraction of sp³-hybridized carbons (Fsp3) is 0.192. The van der Waals surface area contributed by atoms with Gasteiger partial charge in [0.05, 0.1) is 7.11 Å². The van der Waals surface area contributed by atoms with Crippen molar-refractivity contribution < 1.29 is 14.3 Å². The van der Waals surface area contributed by atoms with Gasteiger partial charge in [-0.1, -0.05) is 78.9 Å². The van der Waals surface area contributed by atoms with Crippen molar-refractivity contribution in [2.24, 2.45) is 0 Å². The van der Waals surface area contributed by atoms with Crippen LogP contribution in [0, 0.1) is 0 Å². The van der Waals surface area contributed by atoms with Gasteiger partial charge in [0, 0.05) is 26.6 Å². The predicted molar refractivity (Wildman–Crippen MR) is 120 cm³/mol. The SMILES string of the molecule is COc1cc(C=CCN(Cc2ccccc2)Cc2ccccc2)ccc1OC(C)=O. The zero-order chi connectivity index (χ0) is 21.2. The molecule has 3 aromatic carbocycles. The fourth-order valence-corrected chi connectivity index (χ4v) is 3.23. The summed E-state index contributed by atoms with van der Waals surface area (Å²) < 4.78 is 10.5. The summed E-state index contributed by atoms with van der Waals surface area (Å²) >= 11 is 0. The maximum Gasteiger partial charge on any atom is 0.308 e. The molecule has 0 fully saturated rings. The van der Waals surface area contributed by atoms with Gasteiger partial charge in [0.2, 0.25) is 0 Å². The van der Waals surface area contributed by atoms with Crippen molar-refractivity contribution in [3.8, 4) is 11.5 Å². The average molecular weight is 402 g/mol. The lowest BCUT2D eigenvalue weighted by molar-refractivity contribution is -0.132. The highest BCUT2D eigenvalue weighted by Crippen LogP contribution is 2.28. The largest absolute Gasteiger partial charge is 0.493 e. The third-order valence-electron chi connectivity index (χ3n) is 4.61. The van der Waals surface area contributed by atoms with Crippen molar-refractivity contribution >= 4 is 12.0 Å². The summed E-state index contributed by atoms with van der Waals surface area (Å²) in [6, 6.07) is 26.5. The highest BCUT2D eigenvalue weighted by Gasteiger charge is 2.08. The molecular weight excluding hydrogens is 374 g/mol. The molecule has 0 aliphatic carbocycles. The van der Waals surface area contributed by atoms with E-state index in [2.05, 4.69) is 65.6 Å². The third kappa shape index (κ3) is 6.61. The molecule has 4 heteroatoms. The molecule has 0 saturated carbocycles. The molecule has 3 rings (SSSR count). The summed E-state index contributed by atoms with van der Waals surface area (Å²) in [4.78, 5) is 13.6. The van der Waals surface area contributed by atoms with Gasteiger partial charge in [-0.15, -0.1) is 0 Å². The Labute approximate surface area is 178 Å². The fourth-order valence-electron chi connectivity index (χ4n) is 3.23. The van der Waals surface area contributed by atoms with Crippen molar-refractivity contribution in [3.63, 3.8) is 0 Å². The number of hydrogen-bond donors (Lipinski definition) is 0. The number of carbonyl (C=O) groups is 1. The summed E-state index contributed by atoms with van der Waals surface area (Å²) in [5.74, 6) is 0.601. The van der Waals surface area contributed by atoms with Gasteiger partial charge >= 0.3 is 5.97 Å². The third-order valence-corrected chi connectivity index (χ3v) is 4.61. The van der Waals surface area contributed by atoms with Gasteiger partial charge in [-0.2, -0.15) is 0 Å². The van der Waals surface area contributed by atoms with E-state index in [-0.39, 0.29) is 5.97 Å². The van der Waals surface area contributed by atoms with Crippen LogP contribution in [0.4, 0.5) is 0 Å². The molecule has 0 radical (unpaired) electrons. The lowest BCUT2D eigenvalue weighted by Gasteiger charge is -2.21. The molecule has 4 nitrogen and oxygen atoms in total. The number of methoxy groups -OCH3 is 1. The number of hydrogen-bond acceptors (Lipinski definition) is 4. The van der Waals surface area contributed by atoms with E-state index < -0.39 is 0 Å². The van der Waals surface area contributed by atoms with E-state index in [1.807, 2.05) is 24.3 Å². The Bertz CT molecular complexity index is 927. The molecule has 0 amide bonds. The number of nitrogens with zero attached hydrogens (tertiary/aromatic N) is 1. The van der Waals surface area contributed by atoms with Crippen LogP contribution in [-0.4, -0.2) is 24.5 Å². The molecule has 3 aromatic rings. The van der Waals surface area contributed by atoms with Gasteiger partial charge in [-0.3, -0.25) is 9.69 Å². The first-order valence-electron chi connectivity index (χ1n) is 9.97. The molecule has 0 aromatic heterocycles. The minimum atomic E-state index is -0.367. The zero-order valence-electron chi connectivity index (χ0n) is 17.5. The lowest BCUT2D eigenvalue weighted by atomic mass is 10.1. The molecule has 0 N–H and O–H groups in total. The molecule has 0 bridgehead atoms. The summed E-state index contributed by atoms with van der Waals surface area (Å²) in [5, 5.41) is 0. The molecule has 154 valence electrons. The topological polar surface area (TPSA) is 38.8 Å². The van der Waals surface area contributed by atoms with Crippen molar-refractivity contribution in [1.29, 1.82) is 0 Å². The van der Waals surface area contributed by atoms with Crippen LogP contribution >= 0.6 is 0 Å². The minimum absolute atomic E-state index is 0.367. The van der Waals surface area contributed by atoms with Crippen LogP contribution < -0.4 is 9.47 Å². The van der Waals surface area contributed by atoms with Crippen LogP contribution in [0.25, 0.3) is 6.08 Å². The van der Waals surface area contributed by atoms with Gasteiger partial charge in [0.1, 0.15) is 0 Å². The average Bonchev–Trinajstić information content (AvgIpc) is 2.75. The number of rotatable bonds is 9. The summed E-state index contributed by atoms with van der Waals surface area (Å²) in [6.07, 6.45) is 4.20. The van der Waals surface area contributed by atoms with Crippen LogP contribution in [0.1, 0.15) is 23.6 Å². The first-order chi connectivity index (χ1) is 14.6. The molecule has 30 heavy (non-hydrogen) atoms. The first-order valence-corrected chi connectivity index (χ1v) is 9.97. The van der Waals surface area contributed by atoms with Gasteiger partial charge in [-0.25, -0.2) is 0 Å². The quantitative estimate of drug-likeness (QED) is 0.359. The monoisotopic (exact) mass is 401 g/mol. The van der Waals surface area contributed by atoms with Crippen molar-refractivity contribution in [3.05, 3.63) is 102 Å². The van der Waals surface area contributed by atoms with Crippen LogP contribution in [0.5, 0.6) is 11.5 Å². The highest BCUT2D eigenvalue weighted by atomic mass is 16.6. The maximum absolute atomic E-state index is 11.2. The molecule has 0 aliphatic rings. The van der Waals surface area contributed by atoms with Crippen molar-refractivity contribution in [2.45, 2.75) is 20.0 Å². The van der Waals surface area contributed by atoms with Crippen molar-refractivity contribution in [2.75, 3.05) is 13.7 Å². The maximum atomic E-state index is 11.2. The second-order valence-electron chi connectivity index (χ2n) is 7.05. The number of ether oxygens (including phenoxy) is 2. The molecule has 0 heterocycles. The minimum Gasteiger partial charge on any atom is -0.493 e. The molecular formula is C26H27NO3. The second-order valence-corrected chi connectivity index (χ2v) is 7.05. The Balaban J connectivity index is 1.71. The van der Waals surface area contributed by atoms with Gasteiger partial charge in [0.15, 0.2) is 11.5 Å². The van der Waals surface area contributed by atoms with E-state index in [0.29, 0.717) is 11.5 Å². The number of benzene rings is 3. The molecule has 0 saturated heterocycles. The van der Waals surface area contributed by atoms with E-state index in [1.165, 1.54) is 18.1 Å². The van der Waals surface area contributed by atoms with Gasteiger partial charge in [-0.05, 0) is 28.8 Å². The van der Waals surface area contributed by atoms with E-state index >= 15 is 0 Å². The Morgan fingerprint density at radius 2 is 1.47 bits per heavy atom. The molecule has 0 atom stereocenters. The Kier molecular flexibility index (Phi) is 7.81. The second kappa shape index (κ2) is 11.0. The van der Waals surface area contributed by atoms with E-state index in [9.17, 15) is 4.79 Å². The Morgan fingerprint density at radius 1 is 0.867 bits per heavy atom. The van der Waals surface area contributed by atoms with Crippen LogP contribution in [0.15, 0.2) is 84.9 Å². The predicted octanol–water partition coefficient (Wildman–Crippen LogP) is 5.34. The summed E-state index contributed by atoms with van der Waals surface area (Å²) in [5.41, 5.74) is 3.56. The van der Waals surface area contributed by atoms with Crippen LogP contribution in [0.3, 0.4) is 0 Å². The van der Waals surface area contributed by atoms with Gasteiger partial charge < -0.3 is 9.47 Å². The first kappa shape index (κ1) is 21.3. The summed E-state index contributed by atoms with van der Waals surface area (Å²) in [7, 11) is 1.57. The Hall–Kier alpha value is -3.37. The van der Waals surface area contributed by atoms with Crippen molar-refractivity contribution in [1.82, 2.24) is 4.90 Å².